The van der Waals surface area contributed by atoms with Crippen LogP contribution in [0.15, 0.2) is 35.0 Å². The van der Waals surface area contributed by atoms with Gasteiger partial charge in [0.2, 0.25) is 5.82 Å². The molecule has 2 heterocycles. The van der Waals surface area contributed by atoms with E-state index < -0.39 is 18.0 Å². The molecule has 0 spiro atoms. The first-order chi connectivity index (χ1) is 13.8. The van der Waals surface area contributed by atoms with Crippen LogP contribution in [0.25, 0.3) is 11.0 Å². The number of aromatic nitrogens is 2. The average molecular weight is 399 g/mol. The molecular weight excluding hydrogens is 377 g/mol. The van der Waals surface area contributed by atoms with Gasteiger partial charge in [0.1, 0.15) is 17.2 Å². The van der Waals surface area contributed by atoms with Crippen molar-refractivity contribution in [3.63, 3.8) is 0 Å². The predicted octanol–water partition coefficient (Wildman–Crippen LogP) is 3.55. The second-order valence-electron chi connectivity index (χ2n) is 6.93. The average Bonchev–Trinajstić information content (AvgIpc) is 3.01. The number of hydrogen-bond acceptors (Lipinski definition) is 5. The highest BCUT2D eigenvalue weighted by molar-refractivity contribution is 5.91. The van der Waals surface area contributed by atoms with Crippen LogP contribution in [0.2, 0.25) is 0 Å². The summed E-state index contributed by atoms with van der Waals surface area (Å²) in [5.41, 5.74) is 1.67. The molecule has 2 aromatic heterocycles. The Hall–Kier alpha value is -3.49. The highest BCUT2D eigenvalue weighted by atomic mass is 19.1. The molecular formula is C20H22FN5O3. The third-order valence-electron chi connectivity index (χ3n) is 4.51. The number of benzene rings is 1. The SMILES string of the molecule is CNC(=O)c1ncc(NC(=O)N[C@H](c2oc3ccc(F)cc3c2C)C(C)C)cn1. The van der Waals surface area contributed by atoms with Crippen molar-refractivity contribution in [1.82, 2.24) is 20.6 Å². The molecule has 0 fully saturated rings. The molecule has 3 aromatic rings. The molecule has 3 N–H and O–H groups in total. The normalized spacial score (nSPS) is 12.1. The molecule has 0 aliphatic heterocycles. The van der Waals surface area contributed by atoms with Gasteiger partial charge in [0.15, 0.2) is 0 Å². The molecule has 0 unspecified atom stereocenters. The van der Waals surface area contributed by atoms with Gasteiger partial charge in [0.25, 0.3) is 5.91 Å². The molecule has 1 aromatic carbocycles. The fourth-order valence-corrected chi connectivity index (χ4v) is 2.97. The zero-order chi connectivity index (χ0) is 21.1. The zero-order valence-corrected chi connectivity index (χ0v) is 16.5. The van der Waals surface area contributed by atoms with E-state index in [1.165, 1.54) is 31.6 Å². The third-order valence-corrected chi connectivity index (χ3v) is 4.51. The Morgan fingerprint density at radius 1 is 1.17 bits per heavy atom. The summed E-state index contributed by atoms with van der Waals surface area (Å²) in [7, 11) is 1.48. The van der Waals surface area contributed by atoms with Gasteiger partial charge in [-0.25, -0.2) is 19.2 Å². The minimum Gasteiger partial charge on any atom is -0.459 e. The van der Waals surface area contributed by atoms with Gasteiger partial charge < -0.3 is 20.4 Å². The van der Waals surface area contributed by atoms with Gasteiger partial charge in [-0.1, -0.05) is 13.8 Å². The predicted molar refractivity (Wildman–Crippen MR) is 106 cm³/mol. The third kappa shape index (κ3) is 4.34. The second-order valence-corrected chi connectivity index (χ2v) is 6.93. The summed E-state index contributed by atoms with van der Waals surface area (Å²) in [5.74, 6) is -0.181. The molecule has 9 heteroatoms. The van der Waals surface area contributed by atoms with E-state index in [0.29, 0.717) is 22.4 Å². The topological polar surface area (TPSA) is 109 Å². The molecule has 0 saturated heterocycles. The number of carbonyl (C=O) groups excluding carboxylic acids is 2. The summed E-state index contributed by atoms with van der Waals surface area (Å²) in [6, 6.07) is 3.41. The monoisotopic (exact) mass is 399 g/mol. The molecule has 1 atom stereocenters. The lowest BCUT2D eigenvalue weighted by Crippen LogP contribution is -2.35. The van der Waals surface area contributed by atoms with Crippen LogP contribution in [0, 0.1) is 18.7 Å². The molecule has 0 radical (unpaired) electrons. The summed E-state index contributed by atoms with van der Waals surface area (Å²) in [6.07, 6.45) is 2.69. The molecule has 0 saturated carbocycles. The Morgan fingerprint density at radius 3 is 2.48 bits per heavy atom. The lowest BCUT2D eigenvalue weighted by atomic mass is 9.98. The van der Waals surface area contributed by atoms with Crippen LogP contribution in [0.1, 0.15) is 41.8 Å². The molecule has 29 heavy (non-hydrogen) atoms. The number of nitrogens with one attached hydrogen (secondary N) is 3. The zero-order valence-electron chi connectivity index (χ0n) is 16.5. The van der Waals surface area contributed by atoms with Gasteiger partial charge >= 0.3 is 6.03 Å². The Bertz CT molecular complexity index is 1050. The van der Waals surface area contributed by atoms with Crippen molar-refractivity contribution in [1.29, 1.82) is 0 Å². The van der Waals surface area contributed by atoms with Crippen molar-refractivity contribution in [3.05, 3.63) is 53.6 Å². The van der Waals surface area contributed by atoms with Crippen molar-refractivity contribution >= 4 is 28.6 Å². The van der Waals surface area contributed by atoms with Crippen LogP contribution < -0.4 is 16.0 Å². The maximum Gasteiger partial charge on any atom is 0.319 e. The Morgan fingerprint density at radius 2 is 1.86 bits per heavy atom. The Labute approximate surface area is 166 Å². The quantitative estimate of drug-likeness (QED) is 0.608. The number of urea groups is 1. The first kappa shape index (κ1) is 20.2. The van der Waals surface area contributed by atoms with Gasteiger partial charge in [-0.3, -0.25) is 4.79 Å². The molecule has 0 aliphatic carbocycles. The van der Waals surface area contributed by atoms with Crippen molar-refractivity contribution < 1.29 is 18.4 Å². The number of rotatable bonds is 5. The number of fused-ring (bicyclic) bond motifs is 1. The van der Waals surface area contributed by atoms with Crippen LogP contribution >= 0.6 is 0 Å². The number of nitrogens with zero attached hydrogens (tertiary/aromatic N) is 2. The van der Waals surface area contributed by atoms with E-state index in [1.54, 1.807) is 6.07 Å². The summed E-state index contributed by atoms with van der Waals surface area (Å²) in [5, 5.41) is 8.60. The van der Waals surface area contributed by atoms with E-state index >= 15 is 0 Å². The van der Waals surface area contributed by atoms with Crippen molar-refractivity contribution in [2.45, 2.75) is 26.8 Å². The number of amides is 3. The first-order valence-corrected chi connectivity index (χ1v) is 9.10. The van der Waals surface area contributed by atoms with Crippen LogP contribution in [0.5, 0.6) is 0 Å². The maximum atomic E-state index is 13.6. The van der Waals surface area contributed by atoms with Crippen molar-refractivity contribution in [3.8, 4) is 0 Å². The number of carbonyl (C=O) groups is 2. The number of anilines is 1. The van der Waals surface area contributed by atoms with Gasteiger partial charge in [-0.15, -0.1) is 0 Å². The lowest BCUT2D eigenvalue weighted by molar-refractivity contribution is 0.0953. The van der Waals surface area contributed by atoms with E-state index in [-0.39, 0.29) is 17.6 Å². The van der Waals surface area contributed by atoms with Gasteiger partial charge in [0, 0.05) is 18.0 Å². The second kappa shape index (κ2) is 8.26. The van der Waals surface area contributed by atoms with E-state index in [1.807, 2.05) is 20.8 Å². The van der Waals surface area contributed by atoms with Crippen LogP contribution in [-0.2, 0) is 0 Å². The van der Waals surface area contributed by atoms with E-state index in [9.17, 15) is 14.0 Å². The van der Waals surface area contributed by atoms with Gasteiger partial charge in [-0.2, -0.15) is 0 Å². The summed E-state index contributed by atoms with van der Waals surface area (Å²) < 4.78 is 19.5. The number of hydrogen-bond donors (Lipinski definition) is 3. The molecule has 152 valence electrons. The summed E-state index contributed by atoms with van der Waals surface area (Å²) in [6.45, 7) is 5.72. The number of halogens is 1. The smallest absolute Gasteiger partial charge is 0.319 e. The van der Waals surface area contributed by atoms with Gasteiger partial charge in [-0.05, 0) is 31.0 Å². The number of furan rings is 1. The molecule has 3 rings (SSSR count). The van der Waals surface area contributed by atoms with E-state index in [0.717, 1.165) is 5.56 Å². The minimum atomic E-state index is -0.481. The van der Waals surface area contributed by atoms with Crippen LogP contribution in [0.3, 0.4) is 0 Å². The lowest BCUT2D eigenvalue weighted by Gasteiger charge is -2.21. The van der Waals surface area contributed by atoms with E-state index in [4.69, 9.17) is 4.42 Å². The summed E-state index contributed by atoms with van der Waals surface area (Å²) >= 11 is 0. The molecule has 0 bridgehead atoms. The van der Waals surface area contributed by atoms with Crippen LogP contribution in [-0.4, -0.2) is 29.0 Å². The number of aryl methyl sites for hydroxylation is 1. The van der Waals surface area contributed by atoms with Crippen molar-refractivity contribution in [2.75, 3.05) is 12.4 Å². The van der Waals surface area contributed by atoms with Crippen molar-refractivity contribution in [2.24, 2.45) is 5.92 Å². The Kier molecular flexibility index (Phi) is 5.76. The Balaban J connectivity index is 1.78. The largest absolute Gasteiger partial charge is 0.459 e. The molecule has 8 nitrogen and oxygen atoms in total. The van der Waals surface area contributed by atoms with Gasteiger partial charge in [0.05, 0.1) is 24.1 Å². The highest BCUT2D eigenvalue weighted by Gasteiger charge is 2.25. The maximum absolute atomic E-state index is 13.6. The standard InChI is InChI=1S/C20H22FN5O3/c1-10(2)16(17-11(3)14-7-12(21)5-6-15(14)29-17)26-20(28)25-13-8-23-18(24-9-13)19(27)22-4/h5-10,16H,1-4H3,(H,22,27)(H2,25,26,28)/t16-/m0/s1. The minimum absolute atomic E-state index is 0.00338. The summed E-state index contributed by atoms with van der Waals surface area (Å²) in [4.78, 5) is 31.8. The fraction of sp³-hybridized carbons (Fsp3) is 0.300. The van der Waals surface area contributed by atoms with E-state index in [2.05, 4.69) is 25.9 Å². The first-order valence-electron chi connectivity index (χ1n) is 9.10. The fourth-order valence-electron chi connectivity index (χ4n) is 2.97. The van der Waals surface area contributed by atoms with Crippen LogP contribution in [0.4, 0.5) is 14.9 Å². The highest BCUT2D eigenvalue weighted by Crippen LogP contribution is 2.33. The molecule has 0 aliphatic rings. The molecule has 3 amide bonds.